The Kier molecular flexibility index (Phi) is 4.24. The minimum absolute atomic E-state index is 0.0849. The number of thiazole rings is 1. The van der Waals surface area contributed by atoms with Gasteiger partial charge in [0.15, 0.2) is 0 Å². The Balaban J connectivity index is 1.88. The second kappa shape index (κ2) is 6.14. The summed E-state index contributed by atoms with van der Waals surface area (Å²) in [6.45, 7) is 4.04. The molecule has 1 amide bonds. The van der Waals surface area contributed by atoms with E-state index >= 15 is 0 Å². The van der Waals surface area contributed by atoms with E-state index < -0.39 is 0 Å². The molecule has 1 aliphatic rings. The molecule has 1 fully saturated rings. The summed E-state index contributed by atoms with van der Waals surface area (Å²) in [6, 6.07) is 8.45. The zero-order valence-electron chi connectivity index (χ0n) is 12.6. The fraction of sp³-hybridized carbons (Fsp3) is 0.529. The molecule has 1 aliphatic carbocycles. The normalized spacial score (nSPS) is 22.6. The topological polar surface area (TPSA) is 42.0 Å². The average molecular weight is 302 g/mol. The Hall–Kier alpha value is -1.42. The van der Waals surface area contributed by atoms with Crippen molar-refractivity contribution in [1.82, 2.24) is 10.3 Å². The molecule has 0 aliphatic heterocycles. The molecule has 2 atom stereocenters. The molecule has 1 aromatic carbocycles. The van der Waals surface area contributed by atoms with Gasteiger partial charge in [-0.3, -0.25) is 4.79 Å². The molecule has 3 rings (SSSR count). The first-order valence-electron chi connectivity index (χ1n) is 7.81. The highest BCUT2D eigenvalue weighted by molar-refractivity contribution is 7.18. The Labute approximate surface area is 129 Å². The third kappa shape index (κ3) is 3.10. The maximum Gasteiger partial charge on any atom is 0.224 e. The highest BCUT2D eigenvalue weighted by Gasteiger charge is 2.34. The van der Waals surface area contributed by atoms with E-state index in [0.717, 1.165) is 29.8 Å². The van der Waals surface area contributed by atoms with Crippen molar-refractivity contribution in [2.24, 2.45) is 5.92 Å². The lowest BCUT2D eigenvalue weighted by atomic mass is 9.79. The molecular formula is C17H22N2OS. The van der Waals surface area contributed by atoms with E-state index in [-0.39, 0.29) is 23.8 Å². The summed E-state index contributed by atoms with van der Waals surface area (Å²) in [5.41, 5.74) is 1.06. The van der Waals surface area contributed by atoms with Crippen LogP contribution in [-0.2, 0) is 4.79 Å². The van der Waals surface area contributed by atoms with Crippen LogP contribution < -0.4 is 5.32 Å². The van der Waals surface area contributed by atoms with Crippen LogP contribution in [0, 0.1) is 5.92 Å². The van der Waals surface area contributed by atoms with Crippen LogP contribution in [0.4, 0.5) is 0 Å². The number of benzene rings is 1. The summed E-state index contributed by atoms with van der Waals surface area (Å²) in [4.78, 5) is 17.3. The molecule has 0 spiro atoms. The maximum atomic E-state index is 12.5. The van der Waals surface area contributed by atoms with Gasteiger partial charge in [0.1, 0.15) is 0 Å². The molecule has 3 nitrogen and oxygen atoms in total. The van der Waals surface area contributed by atoms with Crippen molar-refractivity contribution in [1.29, 1.82) is 0 Å². The molecular weight excluding hydrogens is 280 g/mol. The van der Waals surface area contributed by atoms with Gasteiger partial charge < -0.3 is 5.32 Å². The van der Waals surface area contributed by atoms with Crippen molar-refractivity contribution in [3.8, 4) is 0 Å². The molecule has 1 aromatic heterocycles. The number of carbonyl (C=O) groups is 1. The molecule has 1 saturated carbocycles. The Morgan fingerprint density at radius 3 is 2.81 bits per heavy atom. The summed E-state index contributed by atoms with van der Waals surface area (Å²) in [6.07, 6.45) is 4.42. The van der Waals surface area contributed by atoms with Crippen molar-refractivity contribution in [3.63, 3.8) is 0 Å². The number of hydrogen-bond acceptors (Lipinski definition) is 3. The van der Waals surface area contributed by atoms with Gasteiger partial charge in [0.2, 0.25) is 5.91 Å². The van der Waals surface area contributed by atoms with E-state index in [4.69, 9.17) is 4.98 Å². The molecule has 0 bridgehead atoms. The first-order valence-corrected chi connectivity index (χ1v) is 8.62. The molecule has 1 heterocycles. The van der Waals surface area contributed by atoms with Crippen LogP contribution >= 0.6 is 11.3 Å². The van der Waals surface area contributed by atoms with E-state index in [1.54, 1.807) is 11.3 Å². The smallest absolute Gasteiger partial charge is 0.224 e. The largest absolute Gasteiger partial charge is 0.354 e. The number of hydrogen-bond donors (Lipinski definition) is 1. The van der Waals surface area contributed by atoms with Crippen LogP contribution in [0.2, 0.25) is 0 Å². The summed E-state index contributed by atoms with van der Waals surface area (Å²) in [5.74, 6) is 0.575. The van der Waals surface area contributed by atoms with Gasteiger partial charge in [-0.1, -0.05) is 25.0 Å². The number of rotatable bonds is 3. The Bertz CT molecular complexity index is 602. The summed E-state index contributed by atoms with van der Waals surface area (Å²) in [7, 11) is 0. The molecule has 21 heavy (non-hydrogen) atoms. The zero-order valence-corrected chi connectivity index (χ0v) is 13.5. The third-order valence-electron chi connectivity index (χ3n) is 4.16. The van der Waals surface area contributed by atoms with Crippen LogP contribution in [0.25, 0.3) is 10.2 Å². The van der Waals surface area contributed by atoms with Gasteiger partial charge >= 0.3 is 0 Å². The minimum Gasteiger partial charge on any atom is -0.354 e. The van der Waals surface area contributed by atoms with E-state index in [1.165, 1.54) is 11.1 Å². The van der Waals surface area contributed by atoms with Crippen molar-refractivity contribution in [3.05, 3.63) is 29.3 Å². The van der Waals surface area contributed by atoms with Crippen LogP contribution in [0.5, 0.6) is 0 Å². The van der Waals surface area contributed by atoms with Crippen LogP contribution in [-0.4, -0.2) is 16.9 Å². The van der Waals surface area contributed by atoms with Crippen molar-refractivity contribution >= 4 is 27.5 Å². The quantitative estimate of drug-likeness (QED) is 0.927. The average Bonchev–Trinajstić information content (AvgIpc) is 2.90. The van der Waals surface area contributed by atoms with Gasteiger partial charge in [-0.15, -0.1) is 11.3 Å². The third-order valence-corrected chi connectivity index (χ3v) is 5.33. The fourth-order valence-corrected chi connectivity index (χ4v) is 4.35. The Morgan fingerprint density at radius 1 is 1.29 bits per heavy atom. The molecule has 2 aromatic rings. The number of amides is 1. The highest BCUT2D eigenvalue weighted by atomic mass is 32.1. The van der Waals surface area contributed by atoms with Gasteiger partial charge in [-0.25, -0.2) is 4.98 Å². The first-order chi connectivity index (χ1) is 10.1. The molecule has 4 heteroatoms. The SMILES string of the molecule is CC(C)NC(=O)C1CCCCC1c1nc2ccccc2s1. The van der Waals surface area contributed by atoms with Gasteiger partial charge in [0, 0.05) is 17.9 Å². The van der Waals surface area contributed by atoms with E-state index in [0.29, 0.717) is 0 Å². The first kappa shape index (κ1) is 14.5. The van der Waals surface area contributed by atoms with Crippen LogP contribution in [0.3, 0.4) is 0 Å². The molecule has 2 unspecified atom stereocenters. The lowest BCUT2D eigenvalue weighted by Crippen LogP contribution is -2.39. The number of aromatic nitrogens is 1. The summed E-state index contributed by atoms with van der Waals surface area (Å²) >= 11 is 1.75. The van der Waals surface area contributed by atoms with Crippen molar-refractivity contribution < 1.29 is 4.79 Å². The van der Waals surface area contributed by atoms with Crippen molar-refractivity contribution in [2.45, 2.75) is 51.5 Å². The molecule has 0 radical (unpaired) electrons. The molecule has 112 valence electrons. The van der Waals surface area contributed by atoms with E-state index in [9.17, 15) is 4.79 Å². The van der Waals surface area contributed by atoms with Gasteiger partial charge in [0.05, 0.1) is 15.2 Å². The van der Waals surface area contributed by atoms with Crippen LogP contribution in [0.1, 0.15) is 50.5 Å². The number of nitrogens with zero attached hydrogens (tertiary/aromatic N) is 1. The van der Waals surface area contributed by atoms with Crippen molar-refractivity contribution in [2.75, 3.05) is 0 Å². The summed E-state index contributed by atoms with van der Waals surface area (Å²) in [5, 5.41) is 4.22. The summed E-state index contributed by atoms with van der Waals surface area (Å²) < 4.78 is 1.22. The maximum absolute atomic E-state index is 12.5. The molecule has 1 N–H and O–H groups in total. The standard InChI is InChI=1S/C17H22N2OS/c1-11(2)18-16(20)12-7-3-4-8-13(12)17-19-14-9-5-6-10-15(14)21-17/h5-6,9-13H,3-4,7-8H2,1-2H3,(H,18,20). The van der Waals surface area contributed by atoms with Gasteiger partial charge in [-0.2, -0.15) is 0 Å². The lowest BCUT2D eigenvalue weighted by molar-refractivity contribution is -0.127. The monoisotopic (exact) mass is 302 g/mol. The zero-order chi connectivity index (χ0) is 14.8. The van der Waals surface area contributed by atoms with Gasteiger partial charge in [-0.05, 0) is 38.8 Å². The van der Waals surface area contributed by atoms with E-state index in [1.807, 2.05) is 26.0 Å². The van der Waals surface area contributed by atoms with Gasteiger partial charge in [0.25, 0.3) is 0 Å². The van der Waals surface area contributed by atoms with Crippen LogP contribution in [0.15, 0.2) is 24.3 Å². The second-order valence-electron chi connectivity index (χ2n) is 6.18. The predicted octanol–water partition coefficient (Wildman–Crippen LogP) is 4.09. The number of para-hydroxylation sites is 1. The number of fused-ring (bicyclic) bond motifs is 1. The van der Waals surface area contributed by atoms with E-state index in [2.05, 4.69) is 17.4 Å². The fourth-order valence-electron chi connectivity index (χ4n) is 3.18. The second-order valence-corrected chi connectivity index (χ2v) is 7.24. The predicted molar refractivity (Wildman–Crippen MR) is 87.6 cm³/mol. The Morgan fingerprint density at radius 2 is 2.05 bits per heavy atom. The lowest BCUT2D eigenvalue weighted by Gasteiger charge is -2.29. The minimum atomic E-state index is 0.0849. The number of nitrogens with one attached hydrogen (secondary N) is 1. The highest BCUT2D eigenvalue weighted by Crippen LogP contribution is 2.40. The molecule has 0 saturated heterocycles. The number of carbonyl (C=O) groups excluding carboxylic acids is 1.